The summed E-state index contributed by atoms with van der Waals surface area (Å²) in [6, 6.07) is 20.6. The molecule has 4 aromatic rings. The minimum absolute atomic E-state index is 0.0734. The second-order valence-corrected chi connectivity index (χ2v) is 8.60. The van der Waals surface area contributed by atoms with Crippen molar-refractivity contribution in [1.29, 1.82) is 0 Å². The van der Waals surface area contributed by atoms with E-state index in [1.807, 2.05) is 24.3 Å². The van der Waals surface area contributed by atoms with E-state index in [0.29, 0.717) is 5.69 Å². The summed E-state index contributed by atoms with van der Waals surface area (Å²) in [5, 5.41) is 6.17. The Morgan fingerprint density at radius 1 is 0.933 bits per heavy atom. The lowest BCUT2D eigenvalue weighted by Crippen LogP contribution is -2.11. The Morgan fingerprint density at radius 3 is 2.23 bits per heavy atom. The van der Waals surface area contributed by atoms with Gasteiger partial charge in [0.2, 0.25) is 10.0 Å². The van der Waals surface area contributed by atoms with Crippen LogP contribution in [0.15, 0.2) is 71.6 Å². The average molecular weight is 422 g/mol. The lowest BCUT2D eigenvalue weighted by Gasteiger charge is -2.10. The van der Waals surface area contributed by atoms with Crippen LogP contribution in [-0.4, -0.2) is 20.1 Å². The zero-order valence-electron chi connectivity index (χ0n) is 16.8. The van der Waals surface area contributed by atoms with Gasteiger partial charge in [0, 0.05) is 17.5 Å². The number of aryl methyl sites for hydroxylation is 1. The first-order valence-electron chi connectivity index (χ1n) is 9.53. The number of hydrogen-bond donors (Lipinski definition) is 2. The number of benzene rings is 3. The van der Waals surface area contributed by atoms with Gasteiger partial charge in [0.1, 0.15) is 5.75 Å². The smallest absolute Gasteiger partial charge is 0.238 e. The van der Waals surface area contributed by atoms with E-state index >= 15 is 0 Å². The van der Waals surface area contributed by atoms with Crippen molar-refractivity contribution in [2.75, 3.05) is 12.8 Å². The number of primary sulfonamides is 1. The number of aromatic nitrogens is 1. The predicted molar refractivity (Wildman–Crippen MR) is 121 cm³/mol. The van der Waals surface area contributed by atoms with E-state index in [-0.39, 0.29) is 4.90 Å². The Morgan fingerprint density at radius 2 is 1.60 bits per heavy atom. The number of fused-ring (bicyclic) bond motifs is 1. The van der Waals surface area contributed by atoms with Gasteiger partial charge in [-0.3, -0.25) is 0 Å². The molecule has 0 radical (unpaired) electrons. The molecule has 0 aliphatic heterocycles. The first kappa shape index (κ1) is 20.0. The maximum atomic E-state index is 11.6. The van der Waals surface area contributed by atoms with Crippen LogP contribution >= 0.6 is 0 Å². The summed E-state index contributed by atoms with van der Waals surface area (Å²) in [6.45, 7) is 2.77. The number of nitrogens with zero attached hydrogens (tertiary/aromatic N) is 1. The van der Waals surface area contributed by atoms with Crippen LogP contribution in [0.5, 0.6) is 5.75 Å². The Bertz CT molecular complexity index is 1340. The van der Waals surface area contributed by atoms with Crippen LogP contribution in [-0.2, 0) is 16.6 Å². The van der Waals surface area contributed by atoms with Crippen molar-refractivity contribution in [3.63, 3.8) is 0 Å². The Labute approximate surface area is 175 Å². The molecule has 3 aromatic carbocycles. The van der Waals surface area contributed by atoms with Gasteiger partial charge in [-0.2, -0.15) is 0 Å². The molecule has 1 heterocycles. The number of methoxy groups -OCH3 is 1. The largest absolute Gasteiger partial charge is 0.497 e. The molecule has 0 atom stereocenters. The van der Waals surface area contributed by atoms with Gasteiger partial charge in [0.15, 0.2) is 0 Å². The second-order valence-electron chi connectivity index (χ2n) is 7.04. The first-order valence-corrected chi connectivity index (χ1v) is 11.1. The van der Waals surface area contributed by atoms with Crippen molar-refractivity contribution in [1.82, 2.24) is 4.57 Å². The van der Waals surface area contributed by atoms with Gasteiger partial charge in [-0.15, -0.1) is 0 Å². The summed E-state index contributed by atoms with van der Waals surface area (Å²) in [4.78, 5) is 0.0734. The topological polar surface area (TPSA) is 100 Å². The Hall–Kier alpha value is -3.29. The summed E-state index contributed by atoms with van der Waals surface area (Å²) < 4.78 is 30.6. The average Bonchev–Trinajstić information content (AvgIpc) is 3.04. The number of nitrogens with two attached hydrogens (primary N) is 2. The Kier molecular flexibility index (Phi) is 5.01. The molecule has 0 bridgehead atoms. The fourth-order valence-electron chi connectivity index (χ4n) is 3.81. The maximum absolute atomic E-state index is 11.6. The van der Waals surface area contributed by atoms with Crippen molar-refractivity contribution in [2.45, 2.75) is 18.4 Å². The molecule has 0 unspecified atom stereocenters. The number of anilines is 1. The van der Waals surface area contributed by atoms with Crippen LogP contribution in [0.2, 0.25) is 0 Å². The SMILES string of the molecule is CCn1c(-c2ccc(S(N)(=O)=O)cc2)c(N)c2cc(-c3cccc(OC)c3)ccc21. The molecule has 30 heavy (non-hydrogen) atoms. The summed E-state index contributed by atoms with van der Waals surface area (Å²) in [5.41, 5.74) is 12.0. The van der Waals surface area contributed by atoms with Crippen LogP contribution in [0.25, 0.3) is 33.3 Å². The molecule has 0 amide bonds. The highest BCUT2D eigenvalue weighted by Gasteiger charge is 2.17. The zero-order valence-corrected chi connectivity index (χ0v) is 17.6. The lowest BCUT2D eigenvalue weighted by molar-refractivity contribution is 0.415. The van der Waals surface area contributed by atoms with Crippen molar-refractivity contribution in [2.24, 2.45) is 5.14 Å². The monoisotopic (exact) mass is 421 g/mol. The summed E-state index contributed by atoms with van der Waals surface area (Å²) in [6.07, 6.45) is 0. The van der Waals surface area contributed by atoms with Gasteiger partial charge < -0.3 is 15.0 Å². The zero-order chi connectivity index (χ0) is 21.5. The van der Waals surface area contributed by atoms with Gasteiger partial charge in [0.05, 0.1) is 28.9 Å². The lowest BCUT2D eigenvalue weighted by atomic mass is 10.0. The molecule has 154 valence electrons. The quantitative estimate of drug-likeness (QED) is 0.503. The number of sulfonamides is 1. The molecule has 0 aliphatic carbocycles. The molecule has 4 rings (SSSR count). The third-order valence-corrected chi connectivity index (χ3v) is 6.21. The minimum Gasteiger partial charge on any atom is -0.497 e. The van der Waals surface area contributed by atoms with E-state index < -0.39 is 10.0 Å². The summed E-state index contributed by atoms with van der Waals surface area (Å²) in [5.74, 6) is 0.794. The molecular weight excluding hydrogens is 398 g/mol. The number of hydrogen-bond acceptors (Lipinski definition) is 4. The third-order valence-electron chi connectivity index (χ3n) is 5.28. The molecular formula is C23H23N3O3S. The highest BCUT2D eigenvalue weighted by Crippen LogP contribution is 2.38. The molecule has 0 saturated heterocycles. The van der Waals surface area contributed by atoms with Gasteiger partial charge >= 0.3 is 0 Å². The highest BCUT2D eigenvalue weighted by atomic mass is 32.2. The minimum atomic E-state index is -3.74. The second kappa shape index (κ2) is 7.51. The van der Waals surface area contributed by atoms with E-state index in [0.717, 1.165) is 45.6 Å². The normalized spacial score (nSPS) is 11.7. The van der Waals surface area contributed by atoms with Crippen LogP contribution in [0, 0.1) is 0 Å². The van der Waals surface area contributed by atoms with Gasteiger partial charge in [-0.1, -0.05) is 30.3 Å². The molecule has 0 saturated carbocycles. The molecule has 7 heteroatoms. The molecule has 1 aromatic heterocycles. The van der Waals surface area contributed by atoms with Gasteiger partial charge in [-0.05, 0) is 54.4 Å². The standard InChI is InChI=1S/C23H23N3O3S/c1-3-26-21-12-9-17(16-5-4-6-18(13-16)29-2)14-20(21)22(24)23(26)15-7-10-19(11-8-15)30(25,27)28/h4-14H,3,24H2,1-2H3,(H2,25,27,28). The van der Waals surface area contributed by atoms with E-state index in [1.165, 1.54) is 12.1 Å². The molecule has 0 fully saturated rings. The third kappa shape index (κ3) is 3.42. The van der Waals surface area contributed by atoms with Gasteiger partial charge in [-0.25, -0.2) is 13.6 Å². The molecule has 0 aliphatic rings. The highest BCUT2D eigenvalue weighted by molar-refractivity contribution is 7.89. The summed E-state index contributed by atoms with van der Waals surface area (Å²) in [7, 11) is -2.09. The Balaban J connectivity index is 1.88. The van der Waals surface area contributed by atoms with Crippen LogP contribution in [0.1, 0.15) is 6.92 Å². The van der Waals surface area contributed by atoms with Crippen molar-refractivity contribution < 1.29 is 13.2 Å². The first-order chi connectivity index (χ1) is 14.3. The van der Waals surface area contributed by atoms with E-state index in [1.54, 1.807) is 19.2 Å². The number of ether oxygens (including phenoxy) is 1. The van der Waals surface area contributed by atoms with Crippen molar-refractivity contribution in [3.8, 4) is 28.1 Å². The van der Waals surface area contributed by atoms with E-state index in [4.69, 9.17) is 15.6 Å². The molecule has 0 spiro atoms. The number of rotatable bonds is 5. The fourth-order valence-corrected chi connectivity index (χ4v) is 4.32. The van der Waals surface area contributed by atoms with Crippen LogP contribution in [0.4, 0.5) is 5.69 Å². The predicted octanol–water partition coefficient (Wildman–Crippen LogP) is 4.23. The van der Waals surface area contributed by atoms with E-state index in [9.17, 15) is 8.42 Å². The number of nitrogen functional groups attached to an aromatic ring is 1. The summed E-state index contributed by atoms with van der Waals surface area (Å²) >= 11 is 0. The van der Waals surface area contributed by atoms with Gasteiger partial charge in [0.25, 0.3) is 0 Å². The fraction of sp³-hybridized carbons (Fsp3) is 0.130. The van der Waals surface area contributed by atoms with Crippen LogP contribution < -0.4 is 15.6 Å². The van der Waals surface area contributed by atoms with Crippen molar-refractivity contribution in [3.05, 3.63) is 66.7 Å². The maximum Gasteiger partial charge on any atom is 0.238 e. The molecule has 6 nitrogen and oxygen atoms in total. The van der Waals surface area contributed by atoms with E-state index in [2.05, 4.69) is 29.7 Å². The molecule has 4 N–H and O–H groups in total. The van der Waals surface area contributed by atoms with Crippen molar-refractivity contribution >= 4 is 26.6 Å². The van der Waals surface area contributed by atoms with Crippen LogP contribution in [0.3, 0.4) is 0 Å².